The van der Waals surface area contributed by atoms with Crippen LogP contribution >= 0.6 is 11.6 Å². The molecule has 0 bridgehead atoms. The van der Waals surface area contributed by atoms with E-state index in [-0.39, 0.29) is 16.6 Å². The van der Waals surface area contributed by atoms with Crippen molar-refractivity contribution in [2.75, 3.05) is 35.2 Å². The summed E-state index contributed by atoms with van der Waals surface area (Å²) in [5.41, 5.74) is 1.11. The molecular weight excluding hydrogens is 394 g/mol. The molecule has 1 aliphatic heterocycles. The first-order valence-electron chi connectivity index (χ1n) is 9.55. The van der Waals surface area contributed by atoms with Crippen LogP contribution in [0.1, 0.15) is 37.2 Å². The molecule has 1 aromatic heterocycles. The first-order chi connectivity index (χ1) is 13.9. The summed E-state index contributed by atoms with van der Waals surface area (Å²) in [5, 5.41) is 5.57. The van der Waals surface area contributed by atoms with E-state index in [1.54, 1.807) is 24.3 Å². The van der Waals surface area contributed by atoms with Gasteiger partial charge in [-0.2, -0.15) is 0 Å². The summed E-state index contributed by atoms with van der Waals surface area (Å²) in [5.74, 6) is 0.298. The molecule has 0 saturated carbocycles. The Labute approximate surface area is 174 Å². The first kappa shape index (κ1) is 20.9. The van der Waals surface area contributed by atoms with Gasteiger partial charge in [0.05, 0.1) is 17.8 Å². The number of anilines is 3. The molecule has 8 nitrogen and oxygen atoms in total. The number of carbonyl (C=O) groups is 2. The van der Waals surface area contributed by atoms with Crippen molar-refractivity contribution in [2.45, 2.75) is 26.7 Å². The predicted molar refractivity (Wildman–Crippen MR) is 113 cm³/mol. The predicted octanol–water partition coefficient (Wildman–Crippen LogP) is 4.19. The Hall–Kier alpha value is -2.87. The molecule has 2 aromatic rings. The number of nitrogens with zero attached hydrogens (tertiary/aromatic N) is 3. The van der Waals surface area contributed by atoms with E-state index in [2.05, 4.69) is 20.6 Å². The van der Waals surface area contributed by atoms with Gasteiger partial charge in [0, 0.05) is 24.5 Å². The SMILES string of the molecule is CC(C)COC(=O)Nc1cccc(NC(=O)c2nc(N3CCCC3)ncc2Cl)c1. The largest absolute Gasteiger partial charge is 0.449 e. The Morgan fingerprint density at radius 3 is 2.59 bits per heavy atom. The van der Waals surface area contributed by atoms with Gasteiger partial charge in [-0.15, -0.1) is 0 Å². The van der Waals surface area contributed by atoms with E-state index in [1.807, 2.05) is 18.7 Å². The molecule has 9 heteroatoms. The zero-order valence-electron chi connectivity index (χ0n) is 16.4. The maximum absolute atomic E-state index is 12.7. The molecule has 1 saturated heterocycles. The number of rotatable bonds is 6. The Morgan fingerprint density at radius 2 is 1.90 bits per heavy atom. The lowest BCUT2D eigenvalue weighted by Crippen LogP contribution is -2.23. The average molecular weight is 418 g/mol. The lowest BCUT2D eigenvalue weighted by molar-refractivity contribution is 0.102. The monoisotopic (exact) mass is 417 g/mol. The maximum Gasteiger partial charge on any atom is 0.411 e. The third-order valence-electron chi connectivity index (χ3n) is 4.25. The zero-order chi connectivity index (χ0) is 20.8. The van der Waals surface area contributed by atoms with Crippen molar-refractivity contribution in [2.24, 2.45) is 5.92 Å². The number of halogens is 1. The second kappa shape index (κ2) is 9.56. The Kier molecular flexibility index (Phi) is 6.87. The van der Waals surface area contributed by atoms with Crippen molar-refractivity contribution in [1.29, 1.82) is 0 Å². The van der Waals surface area contributed by atoms with E-state index in [1.165, 1.54) is 6.20 Å². The minimum absolute atomic E-state index is 0.110. The van der Waals surface area contributed by atoms with Crippen LogP contribution in [0.5, 0.6) is 0 Å². The van der Waals surface area contributed by atoms with E-state index >= 15 is 0 Å². The quantitative estimate of drug-likeness (QED) is 0.731. The number of nitrogens with one attached hydrogen (secondary N) is 2. The van der Waals surface area contributed by atoms with Crippen molar-refractivity contribution in [1.82, 2.24) is 9.97 Å². The third kappa shape index (κ3) is 5.80. The Balaban J connectivity index is 1.67. The van der Waals surface area contributed by atoms with Crippen molar-refractivity contribution in [3.05, 3.63) is 41.2 Å². The Bertz CT molecular complexity index is 884. The fraction of sp³-hybridized carbons (Fsp3) is 0.400. The number of ether oxygens (including phenoxy) is 1. The van der Waals surface area contributed by atoms with Crippen LogP contribution in [0.15, 0.2) is 30.5 Å². The van der Waals surface area contributed by atoms with Crippen LogP contribution in [-0.4, -0.2) is 41.7 Å². The summed E-state index contributed by atoms with van der Waals surface area (Å²) in [6, 6.07) is 6.75. The van der Waals surface area contributed by atoms with Gasteiger partial charge >= 0.3 is 6.09 Å². The smallest absolute Gasteiger partial charge is 0.411 e. The van der Waals surface area contributed by atoms with E-state index in [0.717, 1.165) is 25.9 Å². The minimum atomic E-state index is -0.545. The van der Waals surface area contributed by atoms with Crippen molar-refractivity contribution in [3.63, 3.8) is 0 Å². The van der Waals surface area contributed by atoms with Gasteiger partial charge in [-0.25, -0.2) is 14.8 Å². The number of benzene rings is 1. The van der Waals surface area contributed by atoms with Crippen LogP contribution < -0.4 is 15.5 Å². The highest BCUT2D eigenvalue weighted by Gasteiger charge is 2.20. The van der Waals surface area contributed by atoms with Gasteiger partial charge in [-0.3, -0.25) is 10.1 Å². The molecule has 2 N–H and O–H groups in total. The molecule has 0 spiro atoms. The highest BCUT2D eigenvalue weighted by atomic mass is 35.5. The van der Waals surface area contributed by atoms with Crippen molar-refractivity contribution >= 4 is 40.9 Å². The van der Waals surface area contributed by atoms with Gasteiger partial charge in [0.25, 0.3) is 5.91 Å². The summed E-state index contributed by atoms with van der Waals surface area (Å²) < 4.78 is 5.10. The fourth-order valence-corrected chi connectivity index (χ4v) is 3.02. The molecule has 0 aliphatic carbocycles. The van der Waals surface area contributed by atoms with E-state index < -0.39 is 12.0 Å². The number of hydrogen-bond acceptors (Lipinski definition) is 6. The molecule has 1 fully saturated rings. The second-order valence-electron chi connectivity index (χ2n) is 7.21. The van der Waals surface area contributed by atoms with Crippen LogP contribution in [-0.2, 0) is 4.74 Å². The van der Waals surface area contributed by atoms with E-state index in [9.17, 15) is 9.59 Å². The average Bonchev–Trinajstić information content (AvgIpc) is 3.22. The molecule has 0 unspecified atom stereocenters. The highest BCUT2D eigenvalue weighted by Crippen LogP contribution is 2.22. The summed E-state index contributed by atoms with van der Waals surface area (Å²) >= 11 is 6.15. The summed E-state index contributed by atoms with van der Waals surface area (Å²) in [6.45, 7) is 5.97. The number of hydrogen-bond donors (Lipinski definition) is 2. The lowest BCUT2D eigenvalue weighted by Gasteiger charge is -2.16. The molecule has 3 rings (SSSR count). The molecule has 1 aliphatic rings. The van der Waals surface area contributed by atoms with E-state index in [4.69, 9.17) is 16.3 Å². The third-order valence-corrected chi connectivity index (χ3v) is 4.53. The normalized spacial score (nSPS) is 13.4. The molecule has 154 valence electrons. The van der Waals surface area contributed by atoms with Gasteiger partial charge in [-0.1, -0.05) is 31.5 Å². The topological polar surface area (TPSA) is 96.5 Å². The number of carbonyl (C=O) groups excluding carboxylic acids is 2. The van der Waals surface area contributed by atoms with Crippen LogP contribution in [0.4, 0.5) is 22.1 Å². The zero-order valence-corrected chi connectivity index (χ0v) is 17.2. The first-order valence-corrected chi connectivity index (χ1v) is 9.93. The molecule has 29 heavy (non-hydrogen) atoms. The van der Waals surface area contributed by atoms with Crippen LogP contribution in [0.25, 0.3) is 0 Å². The van der Waals surface area contributed by atoms with Crippen LogP contribution in [0.3, 0.4) is 0 Å². The molecule has 0 radical (unpaired) electrons. The molecule has 1 aromatic carbocycles. The van der Waals surface area contributed by atoms with Crippen LogP contribution in [0, 0.1) is 5.92 Å². The summed E-state index contributed by atoms with van der Waals surface area (Å²) in [6.07, 6.45) is 3.05. The minimum Gasteiger partial charge on any atom is -0.449 e. The second-order valence-corrected chi connectivity index (χ2v) is 7.62. The van der Waals surface area contributed by atoms with Gasteiger partial charge < -0.3 is 15.0 Å². The fourth-order valence-electron chi connectivity index (χ4n) is 2.85. The standard InChI is InChI=1S/C20H24ClN5O3/c1-13(2)12-29-20(28)24-15-7-5-6-14(10-15)23-18(27)17-16(21)11-22-19(25-17)26-8-3-4-9-26/h5-7,10-11,13H,3-4,8-9,12H2,1-2H3,(H,23,27)(H,24,28). The highest BCUT2D eigenvalue weighted by molar-refractivity contribution is 6.34. The maximum atomic E-state index is 12.7. The number of aromatic nitrogens is 2. The lowest BCUT2D eigenvalue weighted by atomic mass is 10.2. The summed E-state index contributed by atoms with van der Waals surface area (Å²) in [4.78, 5) is 35.1. The molecular formula is C20H24ClN5O3. The van der Waals surface area contributed by atoms with Gasteiger partial charge in [0.15, 0.2) is 5.69 Å². The van der Waals surface area contributed by atoms with E-state index in [0.29, 0.717) is 23.9 Å². The molecule has 2 amide bonds. The summed E-state index contributed by atoms with van der Waals surface area (Å²) in [7, 11) is 0. The van der Waals surface area contributed by atoms with Crippen LogP contribution in [0.2, 0.25) is 5.02 Å². The molecule has 0 atom stereocenters. The van der Waals surface area contributed by atoms with Crippen molar-refractivity contribution in [3.8, 4) is 0 Å². The van der Waals surface area contributed by atoms with Gasteiger partial charge in [0.2, 0.25) is 5.95 Å². The molecule has 2 heterocycles. The Morgan fingerprint density at radius 1 is 1.21 bits per heavy atom. The number of amides is 2. The van der Waals surface area contributed by atoms with Gasteiger partial charge in [0.1, 0.15) is 0 Å². The van der Waals surface area contributed by atoms with Crippen molar-refractivity contribution < 1.29 is 14.3 Å². The van der Waals surface area contributed by atoms with Gasteiger partial charge in [-0.05, 0) is 37.0 Å².